The summed E-state index contributed by atoms with van der Waals surface area (Å²) >= 11 is 0. The number of hydrogen-bond acceptors (Lipinski definition) is 5. The molecule has 0 fully saturated rings. The van der Waals surface area contributed by atoms with Gasteiger partial charge in [-0.05, 0) is 42.0 Å². The molecular weight excluding hydrogens is 346 g/mol. The second kappa shape index (κ2) is 10.2. The van der Waals surface area contributed by atoms with Crippen molar-refractivity contribution >= 4 is 11.8 Å². The minimum Gasteiger partial charge on any atom is -0.497 e. The number of nitrogens with one attached hydrogen (secondary N) is 1. The van der Waals surface area contributed by atoms with Crippen LogP contribution < -0.4 is 14.8 Å². The Balaban J connectivity index is 2.06. The van der Waals surface area contributed by atoms with E-state index in [1.54, 1.807) is 49.6 Å². The van der Waals surface area contributed by atoms with Crippen LogP contribution in [-0.4, -0.2) is 31.5 Å². The van der Waals surface area contributed by atoms with Crippen molar-refractivity contribution < 1.29 is 24.1 Å². The molecule has 6 nitrogen and oxygen atoms in total. The number of aliphatic hydroxyl groups excluding tert-OH is 1. The van der Waals surface area contributed by atoms with Crippen molar-refractivity contribution in [1.29, 1.82) is 0 Å². The van der Waals surface area contributed by atoms with Gasteiger partial charge >= 0.3 is 6.09 Å². The first kappa shape index (κ1) is 20.3. The van der Waals surface area contributed by atoms with Crippen molar-refractivity contribution in [3.05, 3.63) is 66.7 Å². The average molecular weight is 371 g/mol. The van der Waals surface area contributed by atoms with E-state index in [2.05, 4.69) is 11.9 Å². The number of ether oxygens (including phenoxy) is 3. The van der Waals surface area contributed by atoms with Crippen LogP contribution in [0.25, 0.3) is 0 Å². The first-order valence-electron chi connectivity index (χ1n) is 8.65. The van der Waals surface area contributed by atoms with Gasteiger partial charge in [-0.25, -0.2) is 4.79 Å². The Labute approximate surface area is 159 Å². The van der Waals surface area contributed by atoms with Crippen LogP contribution in [0.15, 0.2) is 61.2 Å². The van der Waals surface area contributed by atoms with Crippen molar-refractivity contribution in [2.75, 3.05) is 25.6 Å². The third-order valence-electron chi connectivity index (χ3n) is 3.99. The summed E-state index contributed by atoms with van der Waals surface area (Å²) in [6.45, 7) is 5.90. The Morgan fingerprint density at radius 2 is 1.78 bits per heavy atom. The van der Waals surface area contributed by atoms with E-state index < -0.39 is 12.2 Å². The van der Waals surface area contributed by atoms with Gasteiger partial charge in [0.15, 0.2) is 0 Å². The van der Waals surface area contributed by atoms with E-state index in [1.165, 1.54) is 0 Å². The maximum absolute atomic E-state index is 12.3. The zero-order valence-electron chi connectivity index (χ0n) is 15.6. The van der Waals surface area contributed by atoms with Gasteiger partial charge in [0, 0.05) is 11.6 Å². The number of anilines is 1. The van der Waals surface area contributed by atoms with E-state index in [9.17, 15) is 4.79 Å². The van der Waals surface area contributed by atoms with Crippen LogP contribution in [0.4, 0.5) is 10.5 Å². The number of aliphatic hydroxyl groups is 1. The average Bonchev–Trinajstić information content (AvgIpc) is 2.71. The van der Waals surface area contributed by atoms with Gasteiger partial charge < -0.3 is 19.3 Å². The molecule has 0 spiro atoms. The molecule has 0 radical (unpaired) electrons. The van der Waals surface area contributed by atoms with E-state index in [0.717, 1.165) is 5.56 Å². The van der Waals surface area contributed by atoms with Crippen LogP contribution in [-0.2, 0) is 4.74 Å². The van der Waals surface area contributed by atoms with Gasteiger partial charge in [0.2, 0.25) is 0 Å². The van der Waals surface area contributed by atoms with Gasteiger partial charge in [0.25, 0.3) is 0 Å². The van der Waals surface area contributed by atoms with E-state index in [-0.39, 0.29) is 19.1 Å². The lowest BCUT2D eigenvalue weighted by molar-refractivity contribution is 0.0897. The molecule has 2 aromatic carbocycles. The third-order valence-corrected chi connectivity index (χ3v) is 3.99. The fourth-order valence-corrected chi connectivity index (χ4v) is 2.46. The van der Waals surface area contributed by atoms with Gasteiger partial charge in [-0.2, -0.15) is 0 Å². The van der Waals surface area contributed by atoms with Gasteiger partial charge in [-0.1, -0.05) is 25.1 Å². The van der Waals surface area contributed by atoms with Gasteiger partial charge in [-0.15, -0.1) is 6.58 Å². The summed E-state index contributed by atoms with van der Waals surface area (Å²) in [4.78, 5) is 12.3. The molecule has 144 valence electrons. The summed E-state index contributed by atoms with van der Waals surface area (Å²) in [5, 5.41) is 11.5. The largest absolute Gasteiger partial charge is 0.497 e. The van der Waals surface area contributed by atoms with Crippen molar-refractivity contribution in [2.24, 2.45) is 5.92 Å². The van der Waals surface area contributed by atoms with Crippen LogP contribution >= 0.6 is 0 Å². The summed E-state index contributed by atoms with van der Waals surface area (Å²) < 4.78 is 16.1. The van der Waals surface area contributed by atoms with Crippen molar-refractivity contribution in [2.45, 2.75) is 13.0 Å². The Morgan fingerprint density at radius 3 is 2.33 bits per heavy atom. The number of amides is 1. The molecule has 2 rings (SSSR count). The van der Waals surface area contributed by atoms with E-state index in [1.807, 2.05) is 19.1 Å². The number of benzene rings is 2. The molecule has 0 aliphatic rings. The fourth-order valence-electron chi connectivity index (χ4n) is 2.46. The van der Waals surface area contributed by atoms with Crippen LogP contribution in [0.3, 0.4) is 0 Å². The molecule has 0 heterocycles. The molecular formula is C21H25NO5. The summed E-state index contributed by atoms with van der Waals surface area (Å²) in [5.41, 5.74) is 1.43. The number of carbonyl (C=O) groups excluding carboxylic acids is 1. The number of hydrogen-bond donors (Lipinski definition) is 2. The monoisotopic (exact) mass is 371 g/mol. The molecule has 0 bridgehead atoms. The topological polar surface area (TPSA) is 77.0 Å². The number of methoxy groups -OCH3 is 1. The minimum absolute atomic E-state index is 0.0491. The second-order valence-electron chi connectivity index (χ2n) is 5.92. The molecule has 0 unspecified atom stereocenters. The molecule has 0 saturated heterocycles. The second-order valence-corrected chi connectivity index (χ2v) is 5.92. The summed E-state index contributed by atoms with van der Waals surface area (Å²) in [6, 6.07) is 14.2. The number of carbonyl (C=O) groups is 1. The van der Waals surface area contributed by atoms with Gasteiger partial charge in [-0.3, -0.25) is 5.32 Å². The molecule has 2 atom stereocenters. The molecule has 0 saturated carbocycles. The van der Waals surface area contributed by atoms with E-state index in [0.29, 0.717) is 17.2 Å². The van der Waals surface area contributed by atoms with E-state index in [4.69, 9.17) is 19.3 Å². The standard InChI is InChI=1S/C21H25NO5/c1-4-15(2)20(16-5-9-19(10-6-16)26-14-13-23)27-21(24)22-17-7-11-18(25-3)12-8-17/h4-12,15,20,23H,1,13-14H2,2-3H3,(H,22,24)/t15-,20+/m1/s1. The van der Waals surface area contributed by atoms with Gasteiger partial charge in [0.05, 0.1) is 13.7 Å². The first-order valence-corrected chi connectivity index (χ1v) is 8.65. The highest BCUT2D eigenvalue weighted by Crippen LogP contribution is 2.29. The molecule has 27 heavy (non-hydrogen) atoms. The fraction of sp³-hybridized carbons (Fsp3) is 0.286. The minimum atomic E-state index is -0.556. The lowest BCUT2D eigenvalue weighted by Gasteiger charge is -2.23. The van der Waals surface area contributed by atoms with Crippen molar-refractivity contribution in [1.82, 2.24) is 0 Å². The molecule has 0 aliphatic heterocycles. The Morgan fingerprint density at radius 1 is 1.15 bits per heavy atom. The zero-order chi connectivity index (χ0) is 19.6. The normalized spacial score (nSPS) is 12.6. The maximum Gasteiger partial charge on any atom is 0.412 e. The van der Waals surface area contributed by atoms with Crippen molar-refractivity contribution in [3.8, 4) is 11.5 Å². The summed E-state index contributed by atoms with van der Waals surface area (Å²) in [5.74, 6) is 1.26. The Hall–Kier alpha value is -2.99. The predicted octanol–water partition coefficient (Wildman–Crippen LogP) is 4.18. The molecule has 6 heteroatoms. The van der Waals surface area contributed by atoms with Crippen LogP contribution in [0.2, 0.25) is 0 Å². The maximum atomic E-state index is 12.3. The summed E-state index contributed by atoms with van der Waals surface area (Å²) in [7, 11) is 1.58. The first-order chi connectivity index (χ1) is 13.1. The Kier molecular flexibility index (Phi) is 7.70. The molecule has 0 aliphatic carbocycles. The third kappa shape index (κ3) is 6.04. The van der Waals surface area contributed by atoms with Crippen LogP contribution in [0.1, 0.15) is 18.6 Å². The zero-order valence-corrected chi connectivity index (χ0v) is 15.6. The van der Waals surface area contributed by atoms with Crippen LogP contribution in [0, 0.1) is 5.92 Å². The van der Waals surface area contributed by atoms with Gasteiger partial charge in [0.1, 0.15) is 24.2 Å². The smallest absolute Gasteiger partial charge is 0.412 e. The molecule has 2 aromatic rings. The lowest BCUT2D eigenvalue weighted by atomic mass is 9.97. The predicted molar refractivity (Wildman–Crippen MR) is 104 cm³/mol. The van der Waals surface area contributed by atoms with Crippen LogP contribution in [0.5, 0.6) is 11.5 Å². The highest BCUT2D eigenvalue weighted by molar-refractivity contribution is 5.84. The Bertz CT molecular complexity index is 727. The molecule has 1 amide bonds. The number of rotatable bonds is 9. The van der Waals surface area contributed by atoms with Crippen molar-refractivity contribution in [3.63, 3.8) is 0 Å². The van der Waals surface area contributed by atoms with E-state index >= 15 is 0 Å². The lowest BCUT2D eigenvalue weighted by Crippen LogP contribution is -2.21. The highest BCUT2D eigenvalue weighted by Gasteiger charge is 2.22. The molecule has 2 N–H and O–H groups in total. The quantitative estimate of drug-likeness (QED) is 0.647. The SMILES string of the molecule is C=C[C@@H](C)[C@H](OC(=O)Nc1ccc(OC)cc1)c1ccc(OCCO)cc1. The summed E-state index contributed by atoms with van der Waals surface area (Å²) in [6.07, 6.45) is 0.689. The molecule has 0 aromatic heterocycles. The highest BCUT2D eigenvalue weighted by atomic mass is 16.6.